The zero-order chi connectivity index (χ0) is 24.8. The average molecular weight is 501 g/mol. The van der Waals surface area contributed by atoms with Crippen LogP contribution >= 0.6 is 0 Å². The molecule has 0 amide bonds. The molecule has 0 saturated heterocycles. The van der Waals surface area contributed by atoms with E-state index in [1.807, 2.05) is 7.05 Å². The fraction of sp³-hybridized carbons (Fsp3) is 0.364. The normalized spacial score (nSPS) is 11.8. The molecule has 3 N–H and O–H groups in total. The Morgan fingerprint density at radius 2 is 1.94 bits per heavy atom. The highest BCUT2D eigenvalue weighted by Crippen LogP contribution is 2.18. The monoisotopic (exact) mass is 500 g/mol. The lowest BCUT2D eigenvalue weighted by atomic mass is 10.1. The van der Waals surface area contributed by atoms with Crippen LogP contribution in [-0.2, 0) is 21.0 Å². The third-order valence-electron chi connectivity index (χ3n) is 5.38. The number of sulfone groups is 1. The van der Waals surface area contributed by atoms with Gasteiger partial charge in [-0.2, -0.15) is 19.5 Å². The number of aromatic nitrogens is 5. The maximum atomic E-state index is 12.8. The van der Waals surface area contributed by atoms with E-state index >= 15 is 0 Å². The van der Waals surface area contributed by atoms with E-state index in [0.717, 1.165) is 24.2 Å². The molecule has 1 aromatic carbocycles. The molecule has 0 unspecified atom stereocenters. The van der Waals surface area contributed by atoms with Crippen LogP contribution in [0.3, 0.4) is 0 Å². The number of nitrogens with two attached hydrogens (primary N) is 1. The predicted molar refractivity (Wildman–Crippen MR) is 131 cm³/mol. The number of fused-ring (bicyclic) bond motifs is 1. The van der Waals surface area contributed by atoms with Crippen LogP contribution in [0.25, 0.3) is 17.4 Å². The number of ether oxygens (including phenoxy) is 1. The van der Waals surface area contributed by atoms with Gasteiger partial charge in [-0.15, -0.1) is 5.10 Å². The number of benzene rings is 1. The Balaban J connectivity index is 1.30. The van der Waals surface area contributed by atoms with Crippen molar-refractivity contribution in [1.82, 2.24) is 29.9 Å². The van der Waals surface area contributed by atoms with Crippen LogP contribution in [0.2, 0.25) is 0 Å². The number of nitrogens with one attached hydrogen (secondary N) is 1. The van der Waals surface area contributed by atoms with Crippen LogP contribution in [0.4, 0.5) is 11.6 Å². The molecule has 0 saturated carbocycles. The molecule has 0 spiro atoms. The standard InChI is InChI=1S/C22H28N8O4S/c1-29(12-14-33-2)17-7-5-16(6-8-17)9-10-24-11-15-35(31,32)22-26-20(23)30-21(27-22)25-19(28-30)18-4-3-13-34-18/h3-8,13,24H,9-12,14-15H2,1-2H3,(H2,23,25,26,27,28). The van der Waals surface area contributed by atoms with Gasteiger partial charge in [0.15, 0.2) is 5.76 Å². The van der Waals surface area contributed by atoms with Gasteiger partial charge >= 0.3 is 0 Å². The van der Waals surface area contributed by atoms with Crippen molar-refractivity contribution in [2.24, 2.45) is 0 Å². The molecule has 3 heterocycles. The molecular formula is C22H28N8O4S. The molecule has 12 nitrogen and oxygen atoms in total. The molecule has 0 atom stereocenters. The summed E-state index contributed by atoms with van der Waals surface area (Å²) in [6.07, 6.45) is 2.25. The summed E-state index contributed by atoms with van der Waals surface area (Å²) in [4.78, 5) is 14.3. The Kier molecular flexibility index (Phi) is 7.58. The summed E-state index contributed by atoms with van der Waals surface area (Å²) in [5.74, 6) is 0.387. The smallest absolute Gasteiger partial charge is 0.258 e. The molecule has 186 valence electrons. The third kappa shape index (κ3) is 5.93. The number of likely N-dealkylation sites (N-methyl/N-ethyl adjacent to an activating group) is 1. The Morgan fingerprint density at radius 3 is 2.66 bits per heavy atom. The molecule has 0 aliphatic carbocycles. The molecule has 35 heavy (non-hydrogen) atoms. The lowest BCUT2D eigenvalue weighted by Gasteiger charge is -2.19. The Morgan fingerprint density at radius 1 is 1.14 bits per heavy atom. The minimum Gasteiger partial charge on any atom is -0.461 e. The predicted octanol–water partition coefficient (Wildman–Crippen LogP) is 1.05. The molecule has 4 aromatic rings. The van der Waals surface area contributed by atoms with Crippen LogP contribution in [0.1, 0.15) is 5.56 Å². The average Bonchev–Trinajstić information content (AvgIpc) is 3.53. The van der Waals surface area contributed by atoms with Gasteiger partial charge in [-0.05, 0) is 42.8 Å². The van der Waals surface area contributed by atoms with Crippen molar-refractivity contribution < 1.29 is 17.6 Å². The number of hydrogen-bond donors (Lipinski definition) is 2. The van der Waals surface area contributed by atoms with Gasteiger partial charge in [-0.25, -0.2) is 8.42 Å². The number of furan rings is 1. The molecule has 0 aliphatic heterocycles. The second kappa shape index (κ2) is 10.8. The van der Waals surface area contributed by atoms with E-state index in [9.17, 15) is 8.42 Å². The maximum absolute atomic E-state index is 12.8. The second-order valence-electron chi connectivity index (χ2n) is 7.89. The first-order chi connectivity index (χ1) is 16.9. The van der Waals surface area contributed by atoms with E-state index in [4.69, 9.17) is 14.9 Å². The number of nitrogen functional groups attached to an aromatic ring is 1. The summed E-state index contributed by atoms with van der Waals surface area (Å²) >= 11 is 0. The summed E-state index contributed by atoms with van der Waals surface area (Å²) in [7, 11) is -0.0656. The van der Waals surface area contributed by atoms with E-state index in [2.05, 4.69) is 54.5 Å². The highest BCUT2D eigenvalue weighted by atomic mass is 32.2. The zero-order valence-corrected chi connectivity index (χ0v) is 20.4. The van der Waals surface area contributed by atoms with Crippen molar-refractivity contribution in [2.75, 3.05) is 56.8 Å². The molecule has 4 rings (SSSR count). The molecular weight excluding hydrogens is 472 g/mol. The number of hydrogen-bond acceptors (Lipinski definition) is 11. The van der Waals surface area contributed by atoms with Crippen LogP contribution in [0.15, 0.2) is 52.2 Å². The van der Waals surface area contributed by atoms with Crippen LogP contribution < -0.4 is 16.0 Å². The first kappa shape index (κ1) is 24.6. The number of rotatable bonds is 12. The fourth-order valence-electron chi connectivity index (χ4n) is 3.37. The van der Waals surface area contributed by atoms with Gasteiger partial charge in [-0.3, -0.25) is 0 Å². The zero-order valence-electron chi connectivity index (χ0n) is 19.6. The van der Waals surface area contributed by atoms with Gasteiger partial charge in [0.2, 0.25) is 21.6 Å². The second-order valence-corrected chi connectivity index (χ2v) is 9.89. The van der Waals surface area contributed by atoms with Crippen LogP contribution in [-0.4, -0.2) is 79.1 Å². The van der Waals surface area contributed by atoms with Crippen molar-refractivity contribution in [2.45, 2.75) is 11.6 Å². The third-order valence-corrected chi connectivity index (χ3v) is 6.86. The summed E-state index contributed by atoms with van der Waals surface area (Å²) in [6, 6.07) is 11.6. The quantitative estimate of drug-likeness (QED) is 0.268. The molecule has 13 heteroatoms. The van der Waals surface area contributed by atoms with Crippen molar-refractivity contribution in [3.05, 3.63) is 48.2 Å². The van der Waals surface area contributed by atoms with Crippen LogP contribution in [0, 0.1) is 0 Å². The van der Waals surface area contributed by atoms with Crippen molar-refractivity contribution in [1.29, 1.82) is 0 Å². The number of nitrogens with zero attached hydrogens (tertiary/aromatic N) is 6. The van der Waals surface area contributed by atoms with E-state index in [1.165, 1.54) is 10.8 Å². The van der Waals surface area contributed by atoms with E-state index < -0.39 is 9.84 Å². The maximum Gasteiger partial charge on any atom is 0.258 e. The first-order valence-corrected chi connectivity index (χ1v) is 12.7. The summed E-state index contributed by atoms with van der Waals surface area (Å²) in [5.41, 5.74) is 8.18. The van der Waals surface area contributed by atoms with E-state index in [1.54, 1.807) is 19.2 Å². The van der Waals surface area contributed by atoms with Gasteiger partial charge < -0.3 is 25.1 Å². The lowest BCUT2D eigenvalue weighted by molar-refractivity contribution is 0.206. The Hall–Kier alpha value is -3.55. The highest BCUT2D eigenvalue weighted by Gasteiger charge is 2.22. The van der Waals surface area contributed by atoms with Gasteiger partial charge in [-0.1, -0.05) is 12.1 Å². The summed E-state index contributed by atoms with van der Waals surface area (Å²) in [6.45, 7) is 2.37. The molecule has 3 aromatic heterocycles. The Labute approximate surface area is 203 Å². The lowest BCUT2D eigenvalue weighted by Crippen LogP contribution is -2.26. The topological polar surface area (TPSA) is 154 Å². The molecule has 0 bridgehead atoms. The summed E-state index contributed by atoms with van der Waals surface area (Å²) in [5, 5.41) is 6.95. The SMILES string of the molecule is COCCN(C)c1ccc(CCNCCS(=O)(=O)c2nc(N)n3nc(-c4ccco4)nc3n2)cc1. The van der Waals surface area contributed by atoms with Crippen LogP contribution in [0.5, 0.6) is 0 Å². The minimum atomic E-state index is -3.77. The first-order valence-electron chi connectivity index (χ1n) is 11.0. The Bertz CT molecular complexity index is 1350. The molecule has 0 radical (unpaired) electrons. The van der Waals surface area contributed by atoms with Gasteiger partial charge in [0.25, 0.3) is 10.9 Å². The van der Waals surface area contributed by atoms with E-state index in [-0.39, 0.29) is 35.0 Å². The number of methoxy groups -OCH3 is 1. The van der Waals surface area contributed by atoms with Crippen molar-refractivity contribution in [3.8, 4) is 11.6 Å². The van der Waals surface area contributed by atoms with Gasteiger partial charge in [0, 0.05) is 32.9 Å². The molecule has 0 aliphatic rings. The largest absolute Gasteiger partial charge is 0.461 e. The van der Waals surface area contributed by atoms with Gasteiger partial charge in [0.05, 0.1) is 18.6 Å². The fourth-order valence-corrected chi connectivity index (χ4v) is 4.41. The van der Waals surface area contributed by atoms with E-state index in [0.29, 0.717) is 18.9 Å². The number of anilines is 2. The van der Waals surface area contributed by atoms with Crippen molar-refractivity contribution in [3.63, 3.8) is 0 Å². The highest BCUT2D eigenvalue weighted by molar-refractivity contribution is 7.91. The molecule has 0 fully saturated rings. The van der Waals surface area contributed by atoms with Gasteiger partial charge in [0.1, 0.15) is 0 Å². The minimum absolute atomic E-state index is 0.0340. The summed E-state index contributed by atoms with van der Waals surface area (Å²) < 4.78 is 37.1. The van der Waals surface area contributed by atoms with Crippen molar-refractivity contribution >= 4 is 27.3 Å².